The molecule has 6 nitrogen and oxygen atoms in total. The van der Waals surface area contributed by atoms with Gasteiger partial charge in [-0.05, 0) is 44.9 Å². The standard InChI is InChI=1S/C19H25NO5/c1-5-7-16(21)14-8-9-17-15(10-14)20(18(22)11-24-17)13(4)19(23)25-12(3)6-2/h8-10,12-13H,5-7,11H2,1-4H3. The van der Waals surface area contributed by atoms with Crippen molar-refractivity contribution >= 4 is 23.3 Å². The normalized spacial score (nSPS) is 15.8. The second-order valence-corrected chi connectivity index (χ2v) is 6.24. The van der Waals surface area contributed by atoms with Crippen LogP contribution in [0, 0.1) is 0 Å². The Morgan fingerprint density at radius 2 is 2.00 bits per heavy atom. The van der Waals surface area contributed by atoms with Gasteiger partial charge < -0.3 is 9.47 Å². The fourth-order valence-electron chi connectivity index (χ4n) is 2.63. The van der Waals surface area contributed by atoms with Crippen LogP contribution in [0.5, 0.6) is 5.75 Å². The molecule has 2 unspecified atom stereocenters. The predicted molar refractivity (Wildman–Crippen MR) is 94.0 cm³/mol. The molecular formula is C19H25NO5. The van der Waals surface area contributed by atoms with Crippen molar-refractivity contribution in [3.05, 3.63) is 23.8 Å². The number of hydrogen-bond donors (Lipinski definition) is 0. The summed E-state index contributed by atoms with van der Waals surface area (Å²) in [5.41, 5.74) is 0.943. The number of carbonyl (C=O) groups is 3. The molecule has 1 aromatic rings. The van der Waals surface area contributed by atoms with Gasteiger partial charge in [-0.15, -0.1) is 0 Å². The molecule has 0 fully saturated rings. The monoisotopic (exact) mass is 347 g/mol. The maximum atomic E-state index is 12.4. The topological polar surface area (TPSA) is 72.9 Å². The van der Waals surface area contributed by atoms with Crippen molar-refractivity contribution in [1.82, 2.24) is 0 Å². The van der Waals surface area contributed by atoms with Crippen molar-refractivity contribution in [2.75, 3.05) is 11.5 Å². The molecule has 0 N–H and O–H groups in total. The van der Waals surface area contributed by atoms with E-state index < -0.39 is 12.0 Å². The van der Waals surface area contributed by atoms with E-state index in [1.165, 1.54) is 4.90 Å². The van der Waals surface area contributed by atoms with Crippen LogP contribution in [0.4, 0.5) is 5.69 Å². The Morgan fingerprint density at radius 1 is 1.28 bits per heavy atom. The van der Waals surface area contributed by atoms with Crippen LogP contribution in [0.3, 0.4) is 0 Å². The Labute approximate surface area is 148 Å². The van der Waals surface area contributed by atoms with Gasteiger partial charge in [-0.2, -0.15) is 0 Å². The zero-order chi connectivity index (χ0) is 18.6. The minimum absolute atomic E-state index is 0.00175. The molecule has 0 aromatic heterocycles. The highest BCUT2D eigenvalue weighted by Crippen LogP contribution is 2.35. The number of amides is 1. The average molecular weight is 347 g/mol. The smallest absolute Gasteiger partial charge is 0.329 e. The summed E-state index contributed by atoms with van der Waals surface area (Å²) in [6.07, 6.45) is 1.65. The van der Waals surface area contributed by atoms with Crippen molar-refractivity contribution in [1.29, 1.82) is 0 Å². The first-order valence-corrected chi connectivity index (χ1v) is 8.71. The maximum Gasteiger partial charge on any atom is 0.329 e. The highest BCUT2D eigenvalue weighted by Gasteiger charge is 2.34. The molecule has 1 aromatic carbocycles. The summed E-state index contributed by atoms with van der Waals surface area (Å²) in [6.45, 7) is 7.14. The van der Waals surface area contributed by atoms with Gasteiger partial charge in [0.15, 0.2) is 12.4 Å². The van der Waals surface area contributed by atoms with Gasteiger partial charge in [-0.25, -0.2) is 4.79 Å². The van der Waals surface area contributed by atoms with Crippen LogP contribution in [0.25, 0.3) is 0 Å². The van der Waals surface area contributed by atoms with E-state index in [2.05, 4.69) is 0 Å². The Morgan fingerprint density at radius 3 is 2.64 bits per heavy atom. The minimum atomic E-state index is -0.791. The molecule has 25 heavy (non-hydrogen) atoms. The van der Waals surface area contributed by atoms with Gasteiger partial charge in [0, 0.05) is 12.0 Å². The first-order chi connectivity index (χ1) is 11.9. The van der Waals surface area contributed by atoms with Crippen molar-refractivity contribution in [3.63, 3.8) is 0 Å². The van der Waals surface area contributed by atoms with Gasteiger partial charge in [0.1, 0.15) is 11.8 Å². The molecule has 1 amide bonds. The quantitative estimate of drug-likeness (QED) is 0.560. The van der Waals surface area contributed by atoms with Gasteiger partial charge >= 0.3 is 5.97 Å². The van der Waals surface area contributed by atoms with Crippen LogP contribution >= 0.6 is 0 Å². The summed E-state index contributed by atoms with van der Waals surface area (Å²) in [6, 6.07) is 4.19. The number of hydrogen-bond acceptors (Lipinski definition) is 5. The molecular weight excluding hydrogens is 322 g/mol. The zero-order valence-electron chi connectivity index (χ0n) is 15.2. The van der Waals surface area contributed by atoms with Gasteiger partial charge in [0.05, 0.1) is 11.8 Å². The summed E-state index contributed by atoms with van der Waals surface area (Å²) >= 11 is 0. The number of benzene rings is 1. The number of anilines is 1. The van der Waals surface area contributed by atoms with Crippen LogP contribution < -0.4 is 9.64 Å². The number of ketones is 1. The van der Waals surface area contributed by atoms with E-state index in [9.17, 15) is 14.4 Å². The van der Waals surface area contributed by atoms with Gasteiger partial charge in [0.25, 0.3) is 5.91 Å². The van der Waals surface area contributed by atoms with E-state index in [4.69, 9.17) is 9.47 Å². The molecule has 0 aliphatic carbocycles. The van der Waals surface area contributed by atoms with Crippen molar-refractivity contribution in [3.8, 4) is 5.75 Å². The van der Waals surface area contributed by atoms with E-state index in [1.807, 2.05) is 13.8 Å². The number of fused-ring (bicyclic) bond motifs is 1. The molecule has 1 aliphatic heterocycles. The Bertz CT molecular complexity index is 670. The Balaban J connectivity index is 2.33. The molecule has 2 atom stereocenters. The van der Waals surface area contributed by atoms with E-state index >= 15 is 0 Å². The molecule has 0 bridgehead atoms. The number of nitrogens with zero attached hydrogens (tertiary/aromatic N) is 1. The third kappa shape index (κ3) is 4.18. The molecule has 6 heteroatoms. The van der Waals surface area contributed by atoms with Gasteiger partial charge in [0.2, 0.25) is 0 Å². The molecule has 0 spiro atoms. The lowest BCUT2D eigenvalue weighted by molar-refractivity contribution is -0.150. The zero-order valence-corrected chi connectivity index (χ0v) is 15.2. The third-order valence-corrected chi connectivity index (χ3v) is 4.26. The Kier molecular flexibility index (Phi) is 6.17. The lowest BCUT2D eigenvalue weighted by Crippen LogP contribution is -2.49. The first kappa shape index (κ1) is 19.0. The van der Waals surface area contributed by atoms with Crippen LogP contribution in [0.1, 0.15) is 57.3 Å². The molecule has 1 aliphatic rings. The van der Waals surface area contributed by atoms with Crippen molar-refractivity contribution in [2.45, 2.75) is 59.1 Å². The van der Waals surface area contributed by atoms with Crippen LogP contribution in [0.2, 0.25) is 0 Å². The summed E-state index contributed by atoms with van der Waals surface area (Å²) in [5, 5.41) is 0. The summed E-state index contributed by atoms with van der Waals surface area (Å²) in [7, 11) is 0. The highest BCUT2D eigenvalue weighted by atomic mass is 16.5. The molecule has 0 saturated heterocycles. The lowest BCUT2D eigenvalue weighted by atomic mass is 10.0. The van der Waals surface area contributed by atoms with E-state index in [0.717, 1.165) is 6.42 Å². The molecule has 0 saturated carbocycles. The number of carbonyl (C=O) groups excluding carboxylic acids is 3. The fourth-order valence-corrected chi connectivity index (χ4v) is 2.63. The van der Waals surface area contributed by atoms with Crippen LogP contribution in [-0.2, 0) is 14.3 Å². The summed E-state index contributed by atoms with van der Waals surface area (Å²) in [4.78, 5) is 38.3. The second-order valence-electron chi connectivity index (χ2n) is 6.24. The Hall–Kier alpha value is -2.37. The third-order valence-electron chi connectivity index (χ3n) is 4.26. The van der Waals surface area contributed by atoms with Crippen molar-refractivity contribution in [2.24, 2.45) is 0 Å². The van der Waals surface area contributed by atoms with Gasteiger partial charge in [-0.1, -0.05) is 13.8 Å². The maximum absolute atomic E-state index is 12.4. The second kappa shape index (κ2) is 8.14. The number of Topliss-reactive ketones (excluding diaryl/α,β-unsaturated/α-hetero) is 1. The van der Waals surface area contributed by atoms with Gasteiger partial charge in [-0.3, -0.25) is 14.5 Å². The minimum Gasteiger partial charge on any atom is -0.482 e. The number of rotatable bonds is 7. The predicted octanol–water partition coefficient (Wildman–Crippen LogP) is 3.13. The lowest BCUT2D eigenvalue weighted by Gasteiger charge is -2.33. The first-order valence-electron chi connectivity index (χ1n) is 8.71. The molecule has 2 rings (SSSR count). The average Bonchev–Trinajstić information content (AvgIpc) is 2.60. The molecule has 1 heterocycles. The van der Waals surface area contributed by atoms with E-state index in [1.54, 1.807) is 32.0 Å². The van der Waals surface area contributed by atoms with Crippen LogP contribution in [0.15, 0.2) is 18.2 Å². The van der Waals surface area contributed by atoms with Crippen molar-refractivity contribution < 1.29 is 23.9 Å². The summed E-state index contributed by atoms with van der Waals surface area (Å²) < 4.78 is 10.8. The van der Waals surface area contributed by atoms with E-state index in [-0.39, 0.29) is 24.4 Å². The highest BCUT2D eigenvalue weighted by molar-refractivity contribution is 6.05. The fraction of sp³-hybridized carbons (Fsp3) is 0.526. The summed E-state index contributed by atoms with van der Waals surface area (Å²) in [5.74, 6) is -0.323. The molecule has 0 radical (unpaired) electrons. The number of esters is 1. The van der Waals surface area contributed by atoms with Crippen LogP contribution in [-0.4, -0.2) is 36.4 Å². The SMILES string of the molecule is CCCC(=O)c1ccc2c(c1)N(C(C)C(=O)OC(C)CC)C(=O)CO2. The number of ether oxygens (including phenoxy) is 2. The molecule has 136 valence electrons. The largest absolute Gasteiger partial charge is 0.482 e. The van der Waals surface area contributed by atoms with E-state index in [0.29, 0.717) is 29.8 Å².